The van der Waals surface area contributed by atoms with Crippen molar-refractivity contribution in [2.24, 2.45) is 5.84 Å². The predicted octanol–water partition coefficient (Wildman–Crippen LogP) is 0.383. The summed E-state index contributed by atoms with van der Waals surface area (Å²) in [6, 6.07) is 0.697. The van der Waals surface area contributed by atoms with E-state index in [1.54, 1.807) is 0 Å². The molecular formula is C10H19N3O. The Hall–Kier alpha value is -0.610. The van der Waals surface area contributed by atoms with E-state index in [2.05, 4.69) is 10.3 Å². The number of likely N-dealkylation sites (tertiary alicyclic amines) is 1. The minimum Gasteiger partial charge on any atom is -0.293 e. The molecule has 0 bridgehead atoms. The first-order valence-corrected chi connectivity index (χ1v) is 5.59. The average Bonchev–Trinajstić information content (AvgIpc) is 2.17. The van der Waals surface area contributed by atoms with Crippen LogP contribution in [0.15, 0.2) is 0 Å². The van der Waals surface area contributed by atoms with Crippen LogP contribution in [0.4, 0.5) is 0 Å². The highest BCUT2D eigenvalue weighted by molar-refractivity contribution is 5.82. The predicted molar refractivity (Wildman–Crippen MR) is 54.3 cm³/mol. The van der Waals surface area contributed by atoms with Crippen LogP contribution in [-0.2, 0) is 4.79 Å². The van der Waals surface area contributed by atoms with Crippen LogP contribution in [0.2, 0.25) is 0 Å². The van der Waals surface area contributed by atoms with Gasteiger partial charge in [0.15, 0.2) is 0 Å². The summed E-state index contributed by atoms with van der Waals surface area (Å²) in [5, 5.41) is 0. The van der Waals surface area contributed by atoms with Crippen LogP contribution in [0.3, 0.4) is 0 Å². The van der Waals surface area contributed by atoms with Crippen LogP contribution in [0, 0.1) is 0 Å². The minimum absolute atomic E-state index is 0.0122. The van der Waals surface area contributed by atoms with Crippen LogP contribution < -0.4 is 11.3 Å². The second kappa shape index (κ2) is 4.28. The van der Waals surface area contributed by atoms with E-state index in [1.165, 1.54) is 32.1 Å². The number of rotatable bonds is 2. The van der Waals surface area contributed by atoms with Crippen LogP contribution >= 0.6 is 0 Å². The number of nitrogens with zero attached hydrogens (tertiary/aromatic N) is 1. The van der Waals surface area contributed by atoms with Crippen LogP contribution in [0.25, 0.3) is 0 Å². The Morgan fingerprint density at radius 1 is 1.21 bits per heavy atom. The zero-order valence-electron chi connectivity index (χ0n) is 8.54. The fourth-order valence-corrected chi connectivity index (χ4v) is 2.63. The molecule has 3 N–H and O–H groups in total. The number of hydrazine groups is 1. The van der Waals surface area contributed by atoms with E-state index in [-0.39, 0.29) is 11.9 Å². The molecule has 0 aromatic heterocycles. The van der Waals surface area contributed by atoms with E-state index < -0.39 is 0 Å². The molecule has 80 valence electrons. The molecule has 1 saturated heterocycles. The Labute approximate surface area is 84.8 Å². The number of amides is 1. The average molecular weight is 197 g/mol. The van der Waals surface area contributed by atoms with Crippen molar-refractivity contribution in [3.05, 3.63) is 0 Å². The summed E-state index contributed by atoms with van der Waals surface area (Å²) in [4.78, 5) is 13.7. The number of nitrogens with one attached hydrogen (secondary N) is 1. The molecule has 1 unspecified atom stereocenters. The number of hydrogen-bond donors (Lipinski definition) is 2. The van der Waals surface area contributed by atoms with Gasteiger partial charge in [-0.25, -0.2) is 5.84 Å². The zero-order chi connectivity index (χ0) is 9.97. The highest BCUT2D eigenvalue weighted by atomic mass is 16.2. The summed E-state index contributed by atoms with van der Waals surface area (Å²) in [5.41, 5.74) is 2.26. The highest BCUT2D eigenvalue weighted by Gasteiger charge is 2.38. The molecule has 1 saturated carbocycles. The lowest BCUT2D eigenvalue weighted by Gasteiger charge is -2.46. The smallest absolute Gasteiger partial charge is 0.251 e. The summed E-state index contributed by atoms with van der Waals surface area (Å²) < 4.78 is 0. The summed E-state index contributed by atoms with van der Waals surface area (Å²) in [7, 11) is 0. The topological polar surface area (TPSA) is 58.4 Å². The van der Waals surface area contributed by atoms with Crippen molar-refractivity contribution in [2.45, 2.75) is 50.6 Å². The second-order valence-corrected chi connectivity index (χ2v) is 4.34. The third kappa shape index (κ3) is 1.77. The van der Waals surface area contributed by atoms with E-state index in [1.807, 2.05) is 0 Å². The van der Waals surface area contributed by atoms with E-state index in [0.29, 0.717) is 6.04 Å². The molecule has 14 heavy (non-hydrogen) atoms. The van der Waals surface area contributed by atoms with Crippen molar-refractivity contribution in [1.29, 1.82) is 0 Å². The van der Waals surface area contributed by atoms with Gasteiger partial charge in [-0.1, -0.05) is 19.3 Å². The van der Waals surface area contributed by atoms with Gasteiger partial charge in [0.05, 0.1) is 6.04 Å². The van der Waals surface area contributed by atoms with Gasteiger partial charge in [-0.15, -0.1) is 0 Å². The van der Waals surface area contributed by atoms with Gasteiger partial charge in [-0.3, -0.25) is 15.1 Å². The summed E-state index contributed by atoms with van der Waals surface area (Å²) >= 11 is 0. The van der Waals surface area contributed by atoms with Crippen molar-refractivity contribution in [3.63, 3.8) is 0 Å². The Bertz CT molecular complexity index is 213. The first-order chi connectivity index (χ1) is 6.83. The molecule has 1 heterocycles. The van der Waals surface area contributed by atoms with Crippen molar-refractivity contribution in [2.75, 3.05) is 6.54 Å². The van der Waals surface area contributed by atoms with Crippen LogP contribution in [0.1, 0.15) is 38.5 Å². The van der Waals surface area contributed by atoms with Crippen molar-refractivity contribution >= 4 is 5.91 Å². The van der Waals surface area contributed by atoms with Crippen molar-refractivity contribution in [1.82, 2.24) is 10.3 Å². The molecular weight excluding hydrogens is 178 g/mol. The standard InChI is InChI=1S/C10H19N3O/c11-12-10(14)9-6-7-13(9)8-4-2-1-3-5-8/h8-9H,1-7,11H2,(H,12,14). The molecule has 0 spiro atoms. The Kier molecular flexibility index (Phi) is 3.03. The molecule has 0 aromatic rings. The van der Waals surface area contributed by atoms with Crippen LogP contribution in [0.5, 0.6) is 0 Å². The van der Waals surface area contributed by atoms with E-state index in [9.17, 15) is 4.79 Å². The Morgan fingerprint density at radius 2 is 1.93 bits per heavy atom. The highest BCUT2D eigenvalue weighted by Crippen LogP contribution is 2.29. The second-order valence-electron chi connectivity index (χ2n) is 4.34. The van der Waals surface area contributed by atoms with Gasteiger partial charge in [0.1, 0.15) is 0 Å². The Morgan fingerprint density at radius 3 is 2.43 bits per heavy atom. The van der Waals surface area contributed by atoms with Gasteiger partial charge in [0, 0.05) is 12.6 Å². The molecule has 2 fully saturated rings. The van der Waals surface area contributed by atoms with Gasteiger partial charge in [0.25, 0.3) is 5.91 Å². The third-order valence-corrected chi connectivity index (χ3v) is 3.55. The number of nitrogens with two attached hydrogens (primary N) is 1. The minimum atomic E-state index is -0.0122. The SMILES string of the molecule is NNC(=O)C1CCN1C1CCCCC1. The van der Waals surface area contributed by atoms with Crippen molar-refractivity contribution in [3.8, 4) is 0 Å². The lowest BCUT2D eigenvalue weighted by Crippen LogP contribution is -2.60. The fourth-order valence-electron chi connectivity index (χ4n) is 2.63. The van der Waals surface area contributed by atoms with Crippen molar-refractivity contribution < 1.29 is 4.79 Å². The monoisotopic (exact) mass is 197 g/mol. The molecule has 1 aliphatic carbocycles. The molecule has 4 heteroatoms. The van der Waals surface area contributed by atoms with Gasteiger partial charge in [0.2, 0.25) is 0 Å². The van der Waals surface area contributed by atoms with E-state index in [4.69, 9.17) is 5.84 Å². The van der Waals surface area contributed by atoms with E-state index >= 15 is 0 Å². The molecule has 1 amide bonds. The number of hydrogen-bond acceptors (Lipinski definition) is 3. The lowest BCUT2D eigenvalue weighted by atomic mass is 9.89. The van der Waals surface area contributed by atoms with E-state index in [0.717, 1.165) is 13.0 Å². The normalized spacial score (nSPS) is 29.6. The maximum absolute atomic E-state index is 11.4. The van der Waals surface area contributed by atoms with Gasteiger partial charge in [-0.05, 0) is 19.3 Å². The fraction of sp³-hybridized carbons (Fsp3) is 0.900. The molecule has 1 aliphatic heterocycles. The zero-order valence-corrected chi connectivity index (χ0v) is 8.54. The van der Waals surface area contributed by atoms with Gasteiger partial charge in [-0.2, -0.15) is 0 Å². The largest absolute Gasteiger partial charge is 0.293 e. The molecule has 0 aromatic carbocycles. The quantitative estimate of drug-likeness (QED) is 0.382. The Balaban J connectivity index is 1.88. The summed E-state index contributed by atoms with van der Waals surface area (Å²) in [6.45, 7) is 1.07. The lowest BCUT2D eigenvalue weighted by molar-refractivity contribution is -0.133. The first-order valence-electron chi connectivity index (χ1n) is 5.59. The first kappa shape index (κ1) is 9.93. The summed E-state index contributed by atoms with van der Waals surface area (Å²) in [6.07, 6.45) is 7.48. The molecule has 2 rings (SSSR count). The molecule has 4 nitrogen and oxygen atoms in total. The molecule has 2 aliphatic rings. The maximum atomic E-state index is 11.4. The molecule has 0 radical (unpaired) electrons. The maximum Gasteiger partial charge on any atom is 0.251 e. The van der Waals surface area contributed by atoms with Gasteiger partial charge < -0.3 is 0 Å². The molecule has 1 atom stereocenters. The van der Waals surface area contributed by atoms with Gasteiger partial charge >= 0.3 is 0 Å². The number of carbonyl (C=O) groups is 1. The number of carbonyl (C=O) groups excluding carboxylic acids is 1. The van der Waals surface area contributed by atoms with Crippen LogP contribution in [-0.4, -0.2) is 29.4 Å². The summed E-state index contributed by atoms with van der Waals surface area (Å²) in [5.74, 6) is 5.14. The third-order valence-electron chi connectivity index (χ3n) is 3.55.